The van der Waals surface area contributed by atoms with Crippen LogP contribution in [0.3, 0.4) is 0 Å². The molecule has 0 radical (unpaired) electrons. The molecule has 2 nitrogen and oxygen atoms in total. The summed E-state index contributed by atoms with van der Waals surface area (Å²) in [7, 11) is 0. The van der Waals surface area contributed by atoms with E-state index in [1.165, 1.54) is 39.0 Å². The van der Waals surface area contributed by atoms with Crippen LogP contribution in [-0.2, 0) is 0 Å². The lowest BCUT2D eigenvalue weighted by molar-refractivity contribution is 0.0381. The lowest BCUT2D eigenvalue weighted by Crippen LogP contribution is -2.56. The third kappa shape index (κ3) is 3.03. The van der Waals surface area contributed by atoms with Crippen LogP contribution < -0.4 is 0 Å². The first-order chi connectivity index (χ1) is 7.89. The van der Waals surface area contributed by atoms with Crippen molar-refractivity contribution in [1.29, 1.82) is 0 Å². The van der Waals surface area contributed by atoms with E-state index in [0.29, 0.717) is 11.5 Å². The summed E-state index contributed by atoms with van der Waals surface area (Å²) in [6, 6.07) is 1.51. The van der Waals surface area contributed by atoms with E-state index in [0.717, 1.165) is 12.0 Å². The van der Waals surface area contributed by atoms with Gasteiger partial charge in [0.15, 0.2) is 0 Å². The van der Waals surface area contributed by atoms with Crippen LogP contribution in [0.2, 0.25) is 0 Å². The van der Waals surface area contributed by atoms with Gasteiger partial charge in [-0.2, -0.15) is 0 Å². The predicted octanol–water partition coefficient (Wildman–Crippen LogP) is 2.84. The van der Waals surface area contributed by atoms with E-state index in [4.69, 9.17) is 0 Å². The van der Waals surface area contributed by atoms with E-state index in [1.54, 1.807) is 0 Å². The maximum absolute atomic E-state index is 2.76. The Labute approximate surface area is 107 Å². The van der Waals surface area contributed by atoms with E-state index in [1.807, 2.05) is 0 Å². The molecule has 0 N–H and O–H groups in total. The zero-order chi connectivity index (χ0) is 12.6. The molecule has 2 aliphatic heterocycles. The molecule has 0 aromatic rings. The molecular weight excluding hydrogens is 208 g/mol. The number of nitrogens with zero attached hydrogens (tertiary/aromatic N) is 2. The molecule has 2 saturated heterocycles. The second-order valence-electron chi connectivity index (χ2n) is 7.29. The Bertz CT molecular complexity index is 260. The van der Waals surface area contributed by atoms with E-state index >= 15 is 0 Å². The molecule has 2 atom stereocenters. The lowest BCUT2D eigenvalue weighted by atomic mass is 9.80. The van der Waals surface area contributed by atoms with Gasteiger partial charge in [0.1, 0.15) is 0 Å². The van der Waals surface area contributed by atoms with Gasteiger partial charge in [0.05, 0.1) is 0 Å². The fourth-order valence-electron chi connectivity index (χ4n) is 3.71. The van der Waals surface area contributed by atoms with Gasteiger partial charge in [-0.3, -0.25) is 9.80 Å². The minimum atomic E-state index is 0.541. The van der Waals surface area contributed by atoms with Crippen molar-refractivity contribution in [2.45, 2.75) is 59.5 Å². The van der Waals surface area contributed by atoms with E-state index in [9.17, 15) is 0 Å². The average Bonchev–Trinajstić information content (AvgIpc) is 2.35. The number of fused-ring (bicyclic) bond motifs is 1. The summed E-state index contributed by atoms with van der Waals surface area (Å²) in [5.41, 5.74) is 0.541. The van der Waals surface area contributed by atoms with Gasteiger partial charge in [-0.15, -0.1) is 0 Å². The third-order valence-electron chi connectivity index (χ3n) is 4.90. The van der Waals surface area contributed by atoms with Gasteiger partial charge in [-0.1, -0.05) is 20.8 Å². The van der Waals surface area contributed by atoms with Gasteiger partial charge < -0.3 is 0 Å². The van der Waals surface area contributed by atoms with Crippen molar-refractivity contribution in [3.8, 4) is 0 Å². The highest BCUT2D eigenvalue weighted by atomic mass is 15.3. The van der Waals surface area contributed by atoms with Crippen molar-refractivity contribution in [3.05, 3.63) is 0 Å². The highest BCUT2D eigenvalue weighted by molar-refractivity contribution is 4.92. The first kappa shape index (κ1) is 13.4. The Morgan fingerprint density at radius 2 is 1.82 bits per heavy atom. The first-order valence-corrected chi connectivity index (χ1v) is 7.37. The third-order valence-corrected chi connectivity index (χ3v) is 4.90. The molecule has 2 heterocycles. The number of piperazine rings is 1. The molecule has 2 unspecified atom stereocenters. The van der Waals surface area contributed by atoms with Crippen molar-refractivity contribution in [3.63, 3.8) is 0 Å². The molecule has 0 bridgehead atoms. The average molecular weight is 238 g/mol. The van der Waals surface area contributed by atoms with Gasteiger partial charge in [-0.25, -0.2) is 0 Å². The maximum atomic E-state index is 2.76. The summed E-state index contributed by atoms with van der Waals surface area (Å²) in [5, 5.41) is 0. The van der Waals surface area contributed by atoms with Crippen LogP contribution in [0.5, 0.6) is 0 Å². The van der Waals surface area contributed by atoms with Gasteiger partial charge in [0.2, 0.25) is 0 Å². The molecule has 0 saturated carbocycles. The van der Waals surface area contributed by atoms with Gasteiger partial charge >= 0.3 is 0 Å². The smallest absolute Gasteiger partial charge is 0.0249 e. The summed E-state index contributed by atoms with van der Waals surface area (Å²) in [5.74, 6) is 0.842. The largest absolute Gasteiger partial charge is 0.298 e. The molecule has 0 spiro atoms. The Morgan fingerprint density at radius 1 is 1.12 bits per heavy atom. The Morgan fingerprint density at radius 3 is 2.47 bits per heavy atom. The van der Waals surface area contributed by atoms with E-state index in [2.05, 4.69) is 44.4 Å². The Kier molecular flexibility index (Phi) is 3.84. The number of hydrogen-bond acceptors (Lipinski definition) is 2. The summed E-state index contributed by atoms with van der Waals surface area (Å²) < 4.78 is 0. The van der Waals surface area contributed by atoms with Crippen molar-refractivity contribution >= 4 is 0 Å². The van der Waals surface area contributed by atoms with Crippen LogP contribution in [0.4, 0.5) is 0 Å². The molecule has 17 heavy (non-hydrogen) atoms. The number of hydrogen-bond donors (Lipinski definition) is 0. The molecule has 2 aliphatic rings. The van der Waals surface area contributed by atoms with Crippen LogP contribution >= 0.6 is 0 Å². The molecule has 2 fully saturated rings. The van der Waals surface area contributed by atoms with Crippen LogP contribution in [0.1, 0.15) is 47.5 Å². The van der Waals surface area contributed by atoms with Crippen LogP contribution in [0.25, 0.3) is 0 Å². The first-order valence-electron chi connectivity index (χ1n) is 7.37. The van der Waals surface area contributed by atoms with Crippen LogP contribution in [0.15, 0.2) is 0 Å². The Balaban J connectivity index is 2.07. The molecule has 2 heteroatoms. The minimum absolute atomic E-state index is 0.541. The molecule has 2 rings (SSSR count). The standard InChI is InChI=1S/C15H30N2/c1-12(2)17-9-8-16-7-6-15(4,5)10-13(3)14(16)11-17/h12-14H,6-11H2,1-5H3. The zero-order valence-electron chi connectivity index (χ0n) is 12.4. The van der Waals surface area contributed by atoms with Gasteiger partial charge in [0.25, 0.3) is 0 Å². The molecular formula is C15H30N2. The minimum Gasteiger partial charge on any atom is -0.298 e. The zero-order valence-corrected chi connectivity index (χ0v) is 12.4. The van der Waals surface area contributed by atoms with Crippen LogP contribution in [-0.4, -0.2) is 48.1 Å². The summed E-state index contributed by atoms with van der Waals surface area (Å²) in [4.78, 5) is 5.42. The SMILES string of the molecule is CC1CC(C)(C)CCN2CCN(C(C)C)CC12. The van der Waals surface area contributed by atoms with Crippen molar-refractivity contribution < 1.29 is 0 Å². The van der Waals surface area contributed by atoms with Crippen molar-refractivity contribution in [2.75, 3.05) is 26.2 Å². The molecule has 0 aliphatic carbocycles. The fraction of sp³-hybridized carbons (Fsp3) is 1.00. The second-order valence-corrected chi connectivity index (χ2v) is 7.29. The van der Waals surface area contributed by atoms with E-state index in [-0.39, 0.29) is 0 Å². The normalized spacial score (nSPS) is 35.6. The summed E-state index contributed by atoms with van der Waals surface area (Å²) in [6.07, 6.45) is 2.76. The molecule has 0 aromatic carbocycles. The van der Waals surface area contributed by atoms with E-state index < -0.39 is 0 Å². The second kappa shape index (κ2) is 4.89. The predicted molar refractivity (Wildman–Crippen MR) is 74.2 cm³/mol. The van der Waals surface area contributed by atoms with Gasteiger partial charge in [-0.05, 0) is 44.6 Å². The van der Waals surface area contributed by atoms with Crippen LogP contribution in [0, 0.1) is 11.3 Å². The molecule has 100 valence electrons. The molecule has 0 aromatic heterocycles. The van der Waals surface area contributed by atoms with Gasteiger partial charge in [0, 0.05) is 31.7 Å². The summed E-state index contributed by atoms with van der Waals surface area (Å²) in [6.45, 7) is 17.2. The van der Waals surface area contributed by atoms with Crippen molar-refractivity contribution in [1.82, 2.24) is 9.80 Å². The van der Waals surface area contributed by atoms with Crippen molar-refractivity contribution in [2.24, 2.45) is 11.3 Å². The molecule has 0 amide bonds. The Hall–Kier alpha value is -0.0800. The maximum Gasteiger partial charge on any atom is 0.0249 e. The highest BCUT2D eigenvalue weighted by Gasteiger charge is 2.37. The topological polar surface area (TPSA) is 6.48 Å². The quantitative estimate of drug-likeness (QED) is 0.693. The number of rotatable bonds is 1. The highest BCUT2D eigenvalue weighted by Crippen LogP contribution is 2.36. The lowest BCUT2D eigenvalue weighted by Gasteiger charge is -2.44. The summed E-state index contributed by atoms with van der Waals surface area (Å²) >= 11 is 0. The fourth-order valence-corrected chi connectivity index (χ4v) is 3.71. The monoisotopic (exact) mass is 238 g/mol.